The van der Waals surface area contributed by atoms with Crippen LogP contribution in [0.2, 0.25) is 5.02 Å². The third-order valence-electron chi connectivity index (χ3n) is 8.48. The van der Waals surface area contributed by atoms with Gasteiger partial charge in [-0.25, -0.2) is 26.4 Å². The Kier molecular flexibility index (Phi) is 10.0. The molecule has 4 rings (SSSR count). The molecule has 3 unspecified atom stereocenters. The number of benzene rings is 2. The molecule has 44 heavy (non-hydrogen) atoms. The molecule has 0 aliphatic heterocycles. The highest BCUT2D eigenvalue weighted by atomic mass is 35.5. The summed E-state index contributed by atoms with van der Waals surface area (Å²) < 4.78 is 73.0. The smallest absolute Gasteiger partial charge is 0.407 e. The summed E-state index contributed by atoms with van der Waals surface area (Å²) in [6.45, 7) is 4.89. The van der Waals surface area contributed by atoms with Gasteiger partial charge in [0.15, 0.2) is 33.1 Å². The Morgan fingerprint density at radius 1 is 1.05 bits per heavy atom. The van der Waals surface area contributed by atoms with Gasteiger partial charge in [-0.1, -0.05) is 11.6 Å². The predicted octanol–water partition coefficient (Wildman–Crippen LogP) is 5.58. The SMILES string of the molecule is CC(C)OC(=O)N[C@@H](C)C(=O)CCC1(O)C2CC[C@H]1CC(S(=O)(=O)c1cc(C(=O)Nc3cc(F)c(F)c(F)c3)ccc1Cl)C2. The Hall–Kier alpha value is -3.16. The summed E-state index contributed by atoms with van der Waals surface area (Å²) >= 11 is 6.27. The number of carbonyl (C=O) groups is 3. The molecule has 2 fully saturated rings. The number of ketones is 1. The van der Waals surface area contributed by atoms with Crippen LogP contribution in [0, 0.1) is 29.3 Å². The highest BCUT2D eigenvalue weighted by Gasteiger charge is 2.55. The molecule has 2 saturated carbocycles. The Morgan fingerprint density at radius 2 is 1.64 bits per heavy atom. The van der Waals surface area contributed by atoms with E-state index in [-0.39, 0.29) is 58.7 Å². The van der Waals surface area contributed by atoms with Crippen LogP contribution in [0.15, 0.2) is 35.2 Å². The van der Waals surface area contributed by atoms with Crippen molar-refractivity contribution in [1.82, 2.24) is 5.32 Å². The third-order valence-corrected chi connectivity index (χ3v) is 11.1. The van der Waals surface area contributed by atoms with Crippen molar-refractivity contribution in [3.05, 3.63) is 58.4 Å². The minimum absolute atomic E-state index is 0.0190. The molecule has 2 bridgehead atoms. The lowest BCUT2D eigenvalue weighted by molar-refractivity contribution is -0.124. The summed E-state index contributed by atoms with van der Waals surface area (Å²) in [6.07, 6.45) is 0.373. The van der Waals surface area contributed by atoms with Crippen LogP contribution in [0.1, 0.15) is 69.7 Å². The van der Waals surface area contributed by atoms with Gasteiger partial charge >= 0.3 is 6.09 Å². The maximum absolute atomic E-state index is 13.8. The fraction of sp³-hybridized carbons (Fsp3) is 0.500. The molecule has 2 aliphatic carbocycles. The Morgan fingerprint density at radius 3 is 2.20 bits per heavy atom. The van der Waals surface area contributed by atoms with Crippen molar-refractivity contribution in [2.75, 3.05) is 5.32 Å². The van der Waals surface area contributed by atoms with Crippen LogP contribution in [0.25, 0.3) is 0 Å². The number of aliphatic hydroxyl groups is 1. The molecule has 9 nitrogen and oxygen atoms in total. The quantitative estimate of drug-likeness (QED) is 0.284. The molecule has 0 saturated heterocycles. The molecule has 2 aliphatic rings. The maximum Gasteiger partial charge on any atom is 0.407 e. The highest BCUT2D eigenvalue weighted by Crippen LogP contribution is 2.54. The molecule has 2 aromatic carbocycles. The number of rotatable bonds is 10. The van der Waals surface area contributed by atoms with Gasteiger partial charge in [0.25, 0.3) is 5.91 Å². The second kappa shape index (κ2) is 13.1. The van der Waals surface area contributed by atoms with E-state index in [0.717, 1.165) is 6.07 Å². The van der Waals surface area contributed by atoms with Crippen molar-refractivity contribution < 1.29 is 45.8 Å². The number of fused-ring (bicyclic) bond motifs is 2. The normalized spacial score (nSPS) is 23.7. The lowest BCUT2D eigenvalue weighted by Crippen LogP contribution is -2.49. The Labute approximate surface area is 258 Å². The fourth-order valence-electron chi connectivity index (χ4n) is 6.19. The van der Waals surface area contributed by atoms with Gasteiger partial charge in [0.05, 0.1) is 32.9 Å². The summed E-state index contributed by atoms with van der Waals surface area (Å²) in [5.74, 6) is -6.71. The zero-order valence-electron chi connectivity index (χ0n) is 24.3. The van der Waals surface area contributed by atoms with E-state index in [0.29, 0.717) is 25.0 Å². The summed E-state index contributed by atoms with van der Waals surface area (Å²) in [4.78, 5) is 37.0. The van der Waals surface area contributed by atoms with Gasteiger partial charge in [0.2, 0.25) is 0 Å². The van der Waals surface area contributed by atoms with E-state index in [2.05, 4.69) is 10.6 Å². The first-order chi connectivity index (χ1) is 20.5. The number of alkyl carbamates (subject to hydrolysis) is 1. The number of anilines is 1. The molecule has 2 aromatic rings. The van der Waals surface area contributed by atoms with Crippen LogP contribution < -0.4 is 10.6 Å². The number of ether oxygens (including phenoxy) is 1. The van der Waals surface area contributed by atoms with Crippen molar-refractivity contribution in [3.8, 4) is 0 Å². The first-order valence-electron chi connectivity index (χ1n) is 14.2. The number of hydrogen-bond acceptors (Lipinski definition) is 7. The molecule has 240 valence electrons. The lowest BCUT2D eigenvalue weighted by Gasteiger charge is -2.42. The van der Waals surface area contributed by atoms with E-state index in [1.165, 1.54) is 19.1 Å². The number of nitrogens with one attached hydrogen (secondary N) is 2. The molecule has 0 aromatic heterocycles. The fourth-order valence-corrected chi connectivity index (χ4v) is 8.59. The summed E-state index contributed by atoms with van der Waals surface area (Å²) in [5, 5.41) is 15.2. The molecular formula is C30H34ClF3N2O7S. The van der Waals surface area contributed by atoms with Crippen LogP contribution >= 0.6 is 11.6 Å². The molecule has 2 amide bonds. The van der Waals surface area contributed by atoms with Crippen molar-refractivity contribution in [2.24, 2.45) is 11.8 Å². The zero-order chi connectivity index (χ0) is 32.6. The molecule has 0 radical (unpaired) electrons. The summed E-state index contributed by atoms with van der Waals surface area (Å²) in [5.41, 5.74) is -1.79. The average Bonchev–Trinajstić information content (AvgIpc) is 3.09. The molecule has 5 atom stereocenters. The zero-order valence-corrected chi connectivity index (χ0v) is 25.9. The van der Waals surface area contributed by atoms with Crippen molar-refractivity contribution in [2.45, 2.75) is 87.2 Å². The predicted molar refractivity (Wildman–Crippen MR) is 156 cm³/mol. The van der Waals surface area contributed by atoms with Crippen LogP contribution in [0.5, 0.6) is 0 Å². The minimum Gasteiger partial charge on any atom is -0.447 e. The van der Waals surface area contributed by atoms with E-state index >= 15 is 0 Å². The largest absolute Gasteiger partial charge is 0.447 e. The molecule has 3 N–H and O–H groups in total. The Bertz CT molecular complexity index is 1530. The molecule has 0 spiro atoms. The van der Waals surface area contributed by atoms with Gasteiger partial charge < -0.3 is 20.5 Å². The van der Waals surface area contributed by atoms with Gasteiger partial charge in [-0.05, 0) is 82.9 Å². The number of amides is 2. The van der Waals surface area contributed by atoms with E-state index in [4.69, 9.17) is 16.3 Å². The van der Waals surface area contributed by atoms with Gasteiger partial charge in [0.1, 0.15) is 0 Å². The third kappa shape index (κ3) is 7.05. The topological polar surface area (TPSA) is 139 Å². The molecule has 0 heterocycles. The number of carbonyl (C=O) groups excluding carboxylic acids is 3. The summed E-state index contributed by atoms with van der Waals surface area (Å²) in [6, 6.07) is 3.89. The van der Waals surface area contributed by atoms with E-state index in [9.17, 15) is 41.1 Å². The van der Waals surface area contributed by atoms with Crippen molar-refractivity contribution >= 4 is 44.9 Å². The van der Waals surface area contributed by atoms with Gasteiger partial charge in [-0.15, -0.1) is 0 Å². The average molecular weight is 659 g/mol. The molecular weight excluding hydrogens is 625 g/mol. The lowest BCUT2D eigenvalue weighted by atomic mass is 9.71. The standard InChI is InChI=1S/C30H34ClF3N2O7S/c1-15(2)43-29(39)35-16(3)25(37)8-9-30(40)18-5-6-19(30)12-21(11-18)44(41,42)26-10-17(4-7-22(26)31)28(38)36-20-13-23(32)27(34)24(33)14-20/h4,7,10,13-16,18-19,21,40H,5-6,8-9,11-12H2,1-3H3,(H,35,39)(H,36,38)/t16-,18-,19?,21?,30?/m0/s1. The van der Waals surface area contributed by atoms with Crippen LogP contribution in [0.4, 0.5) is 23.7 Å². The highest BCUT2D eigenvalue weighted by molar-refractivity contribution is 7.92. The van der Waals surface area contributed by atoms with Gasteiger partial charge in [-0.3, -0.25) is 9.59 Å². The number of halogens is 4. The van der Waals surface area contributed by atoms with E-state index < -0.39 is 68.0 Å². The van der Waals surface area contributed by atoms with Crippen LogP contribution in [-0.2, 0) is 19.4 Å². The Balaban J connectivity index is 1.45. The number of hydrogen-bond donors (Lipinski definition) is 3. The second-order valence-electron chi connectivity index (χ2n) is 11.7. The van der Waals surface area contributed by atoms with Crippen LogP contribution in [-0.4, -0.2) is 54.3 Å². The minimum atomic E-state index is -4.11. The molecule has 14 heteroatoms. The van der Waals surface area contributed by atoms with E-state index in [1.54, 1.807) is 13.8 Å². The van der Waals surface area contributed by atoms with Crippen molar-refractivity contribution in [3.63, 3.8) is 0 Å². The summed E-state index contributed by atoms with van der Waals surface area (Å²) in [7, 11) is -4.11. The van der Waals surface area contributed by atoms with E-state index in [1.807, 2.05) is 0 Å². The number of Topliss-reactive ketones (excluding diaryl/α,β-unsaturated/α-hetero) is 1. The van der Waals surface area contributed by atoms with Gasteiger partial charge in [0, 0.05) is 29.8 Å². The second-order valence-corrected chi connectivity index (χ2v) is 14.3. The van der Waals surface area contributed by atoms with Gasteiger partial charge in [-0.2, -0.15) is 0 Å². The first-order valence-corrected chi connectivity index (χ1v) is 16.2. The monoisotopic (exact) mass is 658 g/mol. The van der Waals surface area contributed by atoms with Crippen molar-refractivity contribution in [1.29, 1.82) is 0 Å². The van der Waals surface area contributed by atoms with Crippen LogP contribution in [0.3, 0.4) is 0 Å². The number of sulfone groups is 1. The first kappa shape index (κ1) is 33.7. The maximum atomic E-state index is 13.8.